The third kappa shape index (κ3) is 2.26. The van der Waals surface area contributed by atoms with Crippen LogP contribution < -0.4 is 5.32 Å². The molecule has 1 aliphatic rings. The van der Waals surface area contributed by atoms with E-state index in [1.165, 1.54) is 0 Å². The van der Waals surface area contributed by atoms with Gasteiger partial charge in [-0.25, -0.2) is 4.79 Å². The zero-order valence-corrected chi connectivity index (χ0v) is 7.55. The van der Waals surface area contributed by atoms with Crippen molar-refractivity contribution in [2.75, 3.05) is 13.1 Å². The van der Waals surface area contributed by atoms with Gasteiger partial charge < -0.3 is 10.2 Å². The molecule has 0 unspecified atom stereocenters. The molecule has 0 bridgehead atoms. The molecular weight excluding hydrogens is 152 g/mol. The number of urea groups is 1. The van der Waals surface area contributed by atoms with Crippen molar-refractivity contribution in [1.82, 2.24) is 10.2 Å². The lowest BCUT2D eigenvalue weighted by molar-refractivity contribution is 0.201. The molecule has 1 rings (SSSR count). The molecule has 1 fully saturated rings. The highest BCUT2D eigenvalue weighted by Gasteiger charge is 2.31. The van der Waals surface area contributed by atoms with Crippen molar-refractivity contribution in [2.45, 2.75) is 25.8 Å². The fraction of sp³-hybridized carbons (Fsp3) is 0.667. The molecule has 1 N–H and O–H groups in total. The number of carbonyl (C=O) groups is 1. The summed E-state index contributed by atoms with van der Waals surface area (Å²) in [6, 6.07) is 0.509. The SMILES string of the molecule is C=CCN(C(=O)NCC)C1CC1. The van der Waals surface area contributed by atoms with Crippen LogP contribution >= 0.6 is 0 Å². The molecule has 1 aliphatic carbocycles. The van der Waals surface area contributed by atoms with E-state index in [9.17, 15) is 4.79 Å². The van der Waals surface area contributed by atoms with Crippen molar-refractivity contribution in [3.05, 3.63) is 12.7 Å². The molecule has 2 amide bonds. The van der Waals surface area contributed by atoms with Crippen molar-refractivity contribution in [3.63, 3.8) is 0 Å². The van der Waals surface area contributed by atoms with E-state index >= 15 is 0 Å². The summed E-state index contributed by atoms with van der Waals surface area (Å²) in [5.74, 6) is 0. The minimum Gasteiger partial charge on any atom is -0.338 e. The average Bonchev–Trinajstić information content (AvgIpc) is 2.83. The van der Waals surface area contributed by atoms with E-state index in [0.29, 0.717) is 19.1 Å². The fourth-order valence-corrected chi connectivity index (χ4v) is 1.18. The quantitative estimate of drug-likeness (QED) is 0.632. The summed E-state index contributed by atoms with van der Waals surface area (Å²) < 4.78 is 0. The van der Waals surface area contributed by atoms with E-state index in [0.717, 1.165) is 12.8 Å². The molecule has 0 aliphatic heterocycles. The molecule has 0 spiro atoms. The summed E-state index contributed by atoms with van der Waals surface area (Å²) in [7, 11) is 0. The molecular formula is C9H16N2O. The number of hydrogen-bond donors (Lipinski definition) is 1. The largest absolute Gasteiger partial charge is 0.338 e. The average molecular weight is 168 g/mol. The van der Waals surface area contributed by atoms with Crippen molar-refractivity contribution in [3.8, 4) is 0 Å². The Kier molecular flexibility index (Phi) is 3.14. The number of nitrogens with zero attached hydrogens (tertiary/aromatic N) is 1. The zero-order valence-electron chi connectivity index (χ0n) is 7.55. The van der Waals surface area contributed by atoms with Crippen LogP contribution in [0, 0.1) is 0 Å². The normalized spacial score (nSPS) is 15.4. The monoisotopic (exact) mass is 168 g/mol. The van der Waals surface area contributed by atoms with E-state index in [1.807, 2.05) is 11.8 Å². The molecule has 0 aromatic carbocycles. The van der Waals surface area contributed by atoms with Gasteiger partial charge >= 0.3 is 6.03 Å². The third-order valence-electron chi connectivity index (χ3n) is 1.90. The lowest BCUT2D eigenvalue weighted by Crippen LogP contribution is -2.41. The Morgan fingerprint density at radius 1 is 1.75 bits per heavy atom. The van der Waals surface area contributed by atoms with Crippen LogP contribution in [0.25, 0.3) is 0 Å². The maximum absolute atomic E-state index is 11.4. The summed E-state index contributed by atoms with van der Waals surface area (Å²) >= 11 is 0. The van der Waals surface area contributed by atoms with Crippen LogP contribution in [0.3, 0.4) is 0 Å². The zero-order chi connectivity index (χ0) is 8.97. The van der Waals surface area contributed by atoms with Crippen LogP contribution in [0.5, 0.6) is 0 Å². The van der Waals surface area contributed by atoms with Gasteiger partial charge in [-0.1, -0.05) is 6.08 Å². The number of carbonyl (C=O) groups excluding carboxylic acids is 1. The summed E-state index contributed by atoms with van der Waals surface area (Å²) in [6.07, 6.45) is 4.06. The number of amides is 2. The number of hydrogen-bond acceptors (Lipinski definition) is 1. The topological polar surface area (TPSA) is 32.3 Å². The molecule has 0 saturated heterocycles. The van der Waals surface area contributed by atoms with Crippen molar-refractivity contribution >= 4 is 6.03 Å². The second-order valence-corrected chi connectivity index (χ2v) is 3.01. The highest BCUT2D eigenvalue weighted by atomic mass is 16.2. The van der Waals surface area contributed by atoms with Gasteiger partial charge in [0.05, 0.1) is 0 Å². The molecule has 1 saturated carbocycles. The molecule has 3 heteroatoms. The number of nitrogens with one attached hydrogen (secondary N) is 1. The molecule has 68 valence electrons. The van der Waals surface area contributed by atoms with E-state index in [1.54, 1.807) is 6.08 Å². The van der Waals surface area contributed by atoms with Crippen molar-refractivity contribution in [2.24, 2.45) is 0 Å². The van der Waals surface area contributed by atoms with Crippen LogP contribution in [0.15, 0.2) is 12.7 Å². The maximum Gasteiger partial charge on any atom is 0.317 e. The number of rotatable bonds is 4. The lowest BCUT2D eigenvalue weighted by Gasteiger charge is -2.20. The van der Waals surface area contributed by atoms with Gasteiger partial charge in [0.2, 0.25) is 0 Å². The second-order valence-electron chi connectivity index (χ2n) is 3.01. The Balaban J connectivity index is 2.39. The Bertz CT molecular complexity index is 175. The van der Waals surface area contributed by atoms with Gasteiger partial charge in [0.25, 0.3) is 0 Å². The fourth-order valence-electron chi connectivity index (χ4n) is 1.18. The lowest BCUT2D eigenvalue weighted by atomic mass is 10.5. The second kappa shape index (κ2) is 4.14. The smallest absolute Gasteiger partial charge is 0.317 e. The van der Waals surface area contributed by atoms with Gasteiger partial charge in [0.15, 0.2) is 0 Å². The summed E-state index contributed by atoms with van der Waals surface area (Å²) in [5.41, 5.74) is 0. The van der Waals surface area contributed by atoms with Gasteiger partial charge in [-0.05, 0) is 19.8 Å². The molecule has 0 aromatic rings. The van der Waals surface area contributed by atoms with Crippen LogP contribution in [-0.2, 0) is 0 Å². The summed E-state index contributed by atoms with van der Waals surface area (Å²) in [4.78, 5) is 13.2. The Hall–Kier alpha value is -0.990. The minimum atomic E-state index is 0.0416. The van der Waals surface area contributed by atoms with Crippen LogP contribution in [0.1, 0.15) is 19.8 Å². The van der Waals surface area contributed by atoms with Crippen molar-refractivity contribution < 1.29 is 4.79 Å². The Labute approximate surface area is 73.4 Å². The Morgan fingerprint density at radius 2 is 2.42 bits per heavy atom. The Morgan fingerprint density at radius 3 is 2.83 bits per heavy atom. The van der Waals surface area contributed by atoms with E-state index in [4.69, 9.17) is 0 Å². The minimum absolute atomic E-state index is 0.0416. The first-order valence-electron chi connectivity index (χ1n) is 4.45. The van der Waals surface area contributed by atoms with Crippen LogP contribution in [0.2, 0.25) is 0 Å². The molecule has 0 heterocycles. The first-order valence-corrected chi connectivity index (χ1v) is 4.45. The van der Waals surface area contributed by atoms with E-state index in [-0.39, 0.29) is 6.03 Å². The molecule has 12 heavy (non-hydrogen) atoms. The van der Waals surface area contributed by atoms with E-state index < -0.39 is 0 Å². The third-order valence-corrected chi connectivity index (χ3v) is 1.90. The first-order chi connectivity index (χ1) is 5.79. The van der Waals surface area contributed by atoms with Gasteiger partial charge in [0.1, 0.15) is 0 Å². The van der Waals surface area contributed by atoms with Gasteiger partial charge in [0, 0.05) is 19.1 Å². The maximum atomic E-state index is 11.4. The highest BCUT2D eigenvalue weighted by molar-refractivity contribution is 5.75. The van der Waals surface area contributed by atoms with Gasteiger partial charge in [-0.15, -0.1) is 6.58 Å². The standard InChI is InChI=1S/C9H16N2O/c1-3-7-11(8-5-6-8)9(12)10-4-2/h3,8H,1,4-7H2,2H3,(H,10,12). The predicted octanol–water partition coefficient (Wildman–Crippen LogP) is 1.37. The first kappa shape index (κ1) is 9.10. The molecule has 0 radical (unpaired) electrons. The van der Waals surface area contributed by atoms with Crippen molar-refractivity contribution in [1.29, 1.82) is 0 Å². The molecule has 0 aromatic heterocycles. The molecule has 0 atom stereocenters. The molecule has 3 nitrogen and oxygen atoms in total. The summed E-state index contributed by atoms with van der Waals surface area (Å²) in [6.45, 7) is 6.92. The van der Waals surface area contributed by atoms with E-state index in [2.05, 4.69) is 11.9 Å². The van der Waals surface area contributed by atoms with Crippen LogP contribution in [0.4, 0.5) is 4.79 Å². The van der Waals surface area contributed by atoms with Gasteiger partial charge in [-0.3, -0.25) is 0 Å². The predicted molar refractivity (Wildman–Crippen MR) is 49.0 cm³/mol. The summed E-state index contributed by atoms with van der Waals surface area (Å²) in [5, 5.41) is 2.79. The highest BCUT2D eigenvalue weighted by Crippen LogP contribution is 2.26. The van der Waals surface area contributed by atoms with Gasteiger partial charge in [-0.2, -0.15) is 0 Å². The van der Waals surface area contributed by atoms with Crippen LogP contribution in [-0.4, -0.2) is 30.1 Å².